The van der Waals surface area contributed by atoms with E-state index in [2.05, 4.69) is 0 Å². The number of hydrogen-bond acceptors (Lipinski definition) is 2. The van der Waals surface area contributed by atoms with Crippen molar-refractivity contribution in [3.05, 3.63) is 65.7 Å². The fraction of sp³-hybridized carbons (Fsp3) is 0.200. The summed E-state index contributed by atoms with van der Waals surface area (Å²) in [6.45, 7) is 2.87. The molecule has 0 N–H and O–H groups in total. The van der Waals surface area contributed by atoms with Gasteiger partial charge in [-0.2, -0.15) is 0 Å². The Morgan fingerprint density at radius 3 is 2.35 bits per heavy atom. The monoisotopic (exact) mass is 228 g/mol. The Hall–Kier alpha value is -1.80. The molecule has 2 aromatic rings. The Kier molecular flexibility index (Phi) is 4.17. The van der Waals surface area contributed by atoms with E-state index in [1.807, 2.05) is 61.5 Å². The molecule has 0 amide bonds. The average molecular weight is 228 g/mol. The van der Waals surface area contributed by atoms with Crippen LogP contribution >= 0.6 is 0 Å². The second kappa shape index (κ2) is 6.06. The van der Waals surface area contributed by atoms with Gasteiger partial charge in [0.1, 0.15) is 5.75 Å². The molecule has 0 fully saturated rings. The van der Waals surface area contributed by atoms with Gasteiger partial charge in [-0.1, -0.05) is 48.5 Å². The SMILES string of the molecule is Cc1ccccc1OCOCc1ccccc1. The molecule has 0 atom stereocenters. The van der Waals surface area contributed by atoms with Gasteiger partial charge in [-0.15, -0.1) is 0 Å². The number of benzene rings is 2. The van der Waals surface area contributed by atoms with Gasteiger partial charge >= 0.3 is 0 Å². The summed E-state index contributed by atoms with van der Waals surface area (Å²) in [6.07, 6.45) is 0. The quantitative estimate of drug-likeness (QED) is 0.575. The van der Waals surface area contributed by atoms with E-state index < -0.39 is 0 Å². The molecule has 2 rings (SSSR count). The molecular weight excluding hydrogens is 212 g/mol. The number of rotatable bonds is 5. The average Bonchev–Trinajstić information content (AvgIpc) is 2.38. The normalized spacial score (nSPS) is 10.2. The molecule has 2 nitrogen and oxygen atoms in total. The van der Waals surface area contributed by atoms with Crippen molar-refractivity contribution in [3.63, 3.8) is 0 Å². The molecule has 0 aliphatic carbocycles. The van der Waals surface area contributed by atoms with E-state index in [-0.39, 0.29) is 6.79 Å². The molecule has 0 saturated carbocycles. The van der Waals surface area contributed by atoms with Crippen molar-refractivity contribution in [1.29, 1.82) is 0 Å². The zero-order chi connectivity index (χ0) is 11.9. The maximum atomic E-state index is 5.54. The summed E-state index contributed by atoms with van der Waals surface area (Å²) < 4.78 is 11.0. The summed E-state index contributed by atoms with van der Waals surface area (Å²) in [4.78, 5) is 0. The summed E-state index contributed by atoms with van der Waals surface area (Å²) in [5.74, 6) is 0.876. The third-order valence-corrected chi connectivity index (χ3v) is 2.50. The molecule has 0 aliphatic rings. The largest absolute Gasteiger partial charge is 0.467 e. The van der Waals surface area contributed by atoms with Gasteiger partial charge in [-0.3, -0.25) is 0 Å². The van der Waals surface area contributed by atoms with E-state index in [0.29, 0.717) is 6.61 Å². The summed E-state index contributed by atoms with van der Waals surface area (Å²) >= 11 is 0. The first-order chi connectivity index (χ1) is 8.36. The molecule has 0 spiro atoms. The zero-order valence-electron chi connectivity index (χ0n) is 9.93. The van der Waals surface area contributed by atoms with Crippen molar-refractivity contribution in [2.45, 2.75) is 13.5 Å². The Morgan fingerprint density at radius 1 is 0.882 bits per heavy atom. The Labute approximate surface area is 102 Å². The lowest BCUT2D eigenvalue weighted by atomic mass is 10.2. The first kappa shape index (κ1) is 11.7. The highest BCUT2D eigenvalue weighted by Crippen LogP contribution is 2.16. The predicted octanol–water partition coefficient (Wildman–Crippen LogP) is 3.55. The Balaban J connectivity index is 1.76. The molecule has 0 bridgehead atoms. The van der Waals surface area contributed by atoms with Crippen LogP contribution in [0.15, 0.2) is 54.6 Å². The highest BCUT2D eigenvalue weighted by Gasteiger charge is 1.97. The minimum absolute atomic E-state index is 0.278. The van der Waals surface area contributed by atoms with Crippen LogP contribution in [0, 0.1) is 6.92 Å². The summed E-state index contributed by atoms with van der Waals surface area (Å²) in [7, 11) is 0. The van der Waals surface area contributed by atoms with Gasteiger partial charge in [0.05, 0.1) is 6.61 Å². The zero-order valence-corrected chi connectivity index (χ0v) is 9.93. The second-order valence-corrected chi connectivity index (χ2v) is 3.86. The molecule has 0 aliphatic heterocycles. The highest BCUT2D eigenvalue weighted by atomic mass is 16.7. The number of aryl methyl sites for hydroxylation is 1. The van der Waals surface area contributed by atoms with Gasteiger partial charge in [-0.05, 0) is 24.1 Å². The first-order valence-electron chi connectivity index (χ1n) is 5.66. The van der Waals surface area contributed by atoms with Crippen molar-refractivity contribution in [3.8, 4) is 5.75 Å². The van der Waals surface area contributed by atoms with Gasteiger partial charge in [0, 0.05) is 0 Å². The van der Waals surface area contributed by atoms with Crippen LogP contribution in [0.3, 0.4) is 0 Å². The van der Waals surface area contributed by atoms with Crippen molar-refractivity contribution in [2.75, 3.05) is 6.79 Å². The van der Waals surface area contributed by atoms with Crippen LogP contribution in [-0.4, -0.2) is 6.79 Å². The fourth-order valence-corrected chi connectivity index (χ4v) is 1.56. The van der Waals surface area contributed by atoms with Crippen molar-refractivity contribution < 1.29 is 9.47 Å². The van der Waals surface area contributed by atoms with Crippen LogP contribution in [0.5, 0.6) is 5.75 Å². The van der Waals surface area contributed by atoms with Gasteiger partial charge in [-0.25, -0.2) is 0 Å². The standard InChI is InChI=1S/C15H16O2/c1-13-7-5-6-10-15(13)17-12-16-11-14-8-3-2-4-9-14/h2-10H,11-12H2,1H3. The third kappa shape index (κ3) is 3.61. The Morgan fingerprint density at radius 2 is 1.59 bits per heavy atom. The lowest BCUT2D eigenvalue weighted by molar-refractivity contribution is 0.00468. The van der Waals surface area contributed by atoms with Gasteiger partial charge in [0.2, 0.25) is 0 Å². The summed E-state index contributed by atoms with van der Waals surface area (Å²) in [5.41, 5.74) is 2.27. The van der Waals surface area contributed by atoms with Crippen LogP contribution in [-0.2, 0) is 11.3 Å². The molecule has 0 saturated heterocycles. The van der Waals surface area contributed by atoms with Crippen LogP contribution in [0.4, 0.5) is 0 Å². The first-order valence-corrected chi connectivity index (χ1v) is 5.66. The maximum Gasteiger partial charge on any atom is 0.189 e. The molecule has 2 aromatic carbocycles. The smallest absolute Gasteiger partial charge is 0.189 e. The van der Waals surface area contributed by atoms with Crippen LogP contribution in [0.2, 0.25) is 0 Å². The lowest BCUT2D eigenvalue weighted by Gasteiger charge is -2.09. The summed E-state index contributed by atoms with van der Waals surface area (Å²) in [5, 5.41) is 0. The topological polar surface area (TPSA) is 18.5 Å². The van der Waals surface area contributed by atoms with Crippen LogP contribution < -0.4 is 4.74 Å². The van der Waals surface area contributed by atoms with Crippen LogP contribution in [0.1, 0.15) is 11.1 Å². The Bertz CT molecular complexity index is 451. The van der Waals surface area contributed by atoms with E-state index in [1.165, 1.54) is 0 Å². The molecule has 0 aromatic heterocycles. The van der Waals surface area contributed by atoms with Gasteiger partial charge in [0.15, 0.2) is 6.79 Å². The molecule has 0 radical (unpaired) electrons. The predicted molar refractivity (Wildman–Crippen MR) is 67.9 cm³/mol. The summed E-state index contributed by atoms with van der Waals surface area (Å²) in [6, 6.07) is 18.0. The fourth-order valence-electron chi connectivity index (χ4n) is 1.56. The number of para-hydroxylation sites is 1. The minimum Gasteiger partial charge on any atom is -0.467 e. The third-order valence-electron chi connectivity index (χ3n) is 2.50. The van der Waals surface area contributed by atoms with E-state index in [9.17, 15) is 0 Å². The molecule has 2 heteroatoms. The molecule has 88 valence electrons. The van der Waals surface area contributed by atoms with E-state index in [4.69, 9.17) is 9.47 Å². The van der Waals surface area contributed by atoms with E-state index in [0.717, 1.165) is 16.9 Å². The molecule has 0 unspecified atom stereocenters. The lowest BCUT2D eigenvalue weighted by Crippen LogP contribution is -2.03. The van der Waals surface area contributed by atoms with Crippen molar-refractivity contribution >= 4 is 0 Å². The van der Waals surface area contributed by atoms with E-state index >= 15 is 0 Å². The van der Waals surface area contributed by atoms with Gasteiger partial charge in [0.25, 0.3) is 0 Å². The molecule has 17 heavy (non-hydrogen) atoms. The minimum atomic E-state index is 0.278. The van der Waals surface area contributed by atoms with Crippen LogP contribution in [0.25, 0.3) is 0 Å². The molecule has 0 heterocycles. The number of ether oxygens (including phenoxy) is 2. The van der Waals surface area contributed by atoms with Crippen molar-refractivity contribution in [2.24, 2.45) is 0 Å². The maximum absolute atomic E-state index is 5.54. The number of hydrogen-bond donors (Lipinski definition) is 0. The second-order valence-electron chi connectivity index (χ2n) is 3.86. The van der Waals surface area contributed by atoms with Crippen molar-refractivity contribution in [1.82, 2.24) is 0 Å². The highest BCUT2D eigenvalue weighted by molar-refractivity contribution is 5.31. The molecular formula is C15H16O2. The van der Waals surface area contributed by atoms with E-state index in [1.54, 1.807) is 0 Å². The van der Waals surface area contributed by atoms with Gasteiger partial charge < -0.3 is 9.47 Å².